The van der Waals surface area contributed by atoms with Crippen LogP contribution in [0.3, 0.4) is 0 Å². The fourth-order valence-electron chi connectivity index (χ4n) is 2.02. The lowest BCUT2D eigenvalue weighted by molar-refractivity contribution is 0.415. The Bertz CT molecular complexity index is 849. The summed E-state index contributed by atoms with van der Waals surface area (Å²) in [6.45, 7) is 1.75. The molecule has 2 heterocycles. The van der Waals surface area contributed by atoms with Crippen LogP contribution in [0.4, 0.5) is 11.6 Å². The molecule has 21 heavy (non-hydrogen) atoms. The molecule has 8 nitrogen and oxygen atoms in total. The molecule has 0 bridgehead atoms. The molecule has 0 aliphatic carbocycles. The first kappa shape index (κ1) is 13.0. The number of nitrogens with two attached hydrogens (primary N) is 1. The fourth-order valence-corrected chi connectivity index (χ4v) is 2.02. The van der Waals surface area contributed by atoms with E-state index in [1.54, 1.807) is 38.3 Å². The van der Waals surface area contributed by atoms with Crippen molar-refractivity contribution in [1.29, 1.82) is 0 Å². The minimum absolute atomic E-state index is 0.212. The Balaban J connectivity index is 2.04. The molecule has 8 heteroatoms. The second-order valence-corrected chi connectivity index (χ2v) is 4.51. The summed E-state index contributed by atoms with van der Waals surface area (Å²) < 4.78 is 6.05. The molecular formula is C13H14N6O2. The number of methoxy groups -OCH3 is 1. The highest BCUT2D eigenvalue weighted by atomic mass is 16.5. The Hall–Kier alpha value is -3.03. The van der Waals surface area contributed by atoms with E-state index in [1.165, 1.54) is 0 Å². The number of aromatic nitrogens is 4. The van der Waals surface area contributed by atoms with Crippen LogP contribution in [0.1, 0.15) is 5.69 Å². The van der Waals surface area contributed by atoms with Gasteiger partial charge in [-0.05, 0) is 31.2 Å². The predicted molar refractivity (Wildman–Crippen MR) is 79.3 cm³/mol. The third-order valence-corrected chi connectivity index (χ3v) is 3.15. The zero-order valence-corrected chi connectivity index (χ0v) is 11.5. The first-order valence-electron chi connectivity index (χ1n) is 6.24. The molecule has 1 aromatic carbocycles. The van der Waals surface area contributed by atoms with Crippen LogP contribution in [0.2, 0.25) is 0 Å². The van der Waals surface area contributed by atoms with Gasteiger partial charge in [-0.1, -0.05) is 0 Å². The molecule has 0 radical (unpaired) electrons. The van der Waals surface area contributed by atoms with Crippen molar-refractivity contribution >= 4 is 22.7 Å². The number of fused-ring (bicyclic) bond motifs is 1. The van der Waals surface area contributed by atoms with Crippen molar-refractivity contribution in [2.24, 2.45) is 0 Å². The van der Waals surface area contributed by atoms with Gasteiger partial charge in [-0.3, -0.25) is 9.89 Å². The third-order valence-electron chi connectivity index (χ3n) is 3.15. The zero-order valence-electron chi connectivity index (χ0n) is 11.5. The lowest BCUT2D eigenvalue weighted by atomic mass is 10.3. The van der Waals surface area contributed by atoms with E-state index in [0.717, 1.165) is 16.1 Å². The maximum atomic E-state index is 12.2. The van der Waals surface area contributed by atoms with Gasteiger partial charge in [0.15, 0.2) is 5.65 Å². The minimum atomic E-state index is -0.359. The van der Waals surface area contributed by atoms with E-state index in [9.17, 15) is 4.79 Å². The van der Waals surface area contributed by atoms with Crippen LogP contribution in [0, 0.1) is 6.92 Å². The van der Waals surface area contributed by atoms with Gasteiger partial charge in [0.05, 0.1) is 7.11 Å². The zero-order chi connectivity index (χ0) is 15.0. The van der Waals surface area contributed by atoms with E-state index in [2.05, 4.69) is 20.5 Å². The number of nitrogens with one attached hydrogen (secondary N) is 2. The smallest absolute Gasteiger partial charge is 0.284 e. The molecule has 3 rings (SSSR count). The molecule has 0 saturated carbocycles. The summed E-state index contributed by atoms with van der Waals surface area (Å²) in [6, 6.07) is 7.17. The van der Waals surface area contributed by atoms with Gasteiger partial charge in [0, 0.05) is 11.4 Å². The summed E-state index contributed by atoms with van der Waals surface area (Å²) in [4.78, 5) is 16.4. The first-order valence-corrected chi connectivity index (χ1v) is 6.24. The van der Waals surface area contributed by atoms with Crippen LogP contribution in [-0.4, -0.2) is 27.0 Å². The Morgan fingerprint density at radius 3 is 2.71 bits per heavy atom. The van der Waals surface area contributed by atoms with Gasteiger partial charge in [0.25, 0.3) is 5.56 Å². The van der Waals surface area contributed by atoms with Crippen LogP contribution in [-0.2, 0) is 0 Å². The van der Waals surface area contributed by atoms with Crippen molar-refractivity contribution in [2.45, 2.75) is 6.92 Å². The van der Waals surface area contributed by atoms with E-state index in [1.807, 2.05) is 0 Å². The number of ether oxygens (including phenoxy) is 1. The molecular weight excluding hydrogens is 272 g/mol. The van der Waals surface area contributed by atoms with Gasteiger partial charge in [0.1, 0.15) is 11.1 Å². The Morgan fingerprint density at radius 1 is 1.33 bits per heavy atom. The molecule has 0 spiro atoms. The molecule has 3 aromatic rings. The van der Waals surface area contributed by atoms with Crippen LogP contribution in [0.15, 0.2) is 29.1 Å². The summed E-state index contributed by atoms with van der Waals surface area (Å²) in [5.41, 5.74) is 1.34. The third kappa shape index (κ3) is 2.16. The van der Waals surface area contributed by atoms with Crippen molar-refractivity contribution in [3.63, 3.8) is 0 Å². The number of benzene rings is 1. The van der Waals surface area contributed by atoms with Gasteiger partial charge < -0.3 is 15.9 Å². The molecule has 0 aliphatic heterocycles. The van der Waals surface area contributed by atoms with Gasteiger partial charge in [-0.15, -0.1) is 0 Å². The van der Waals surface area contributed by atoms with E-state index in [0.29, 0.717) is 16.7 Å². The maximum Gasteiger partial charge on any atom is 0.284 e. The molecule has 4 N–H and O–H groups in total. The van der Waals surface area contributed by atoms with Gasteiger partial charge in [-0.2, -0.15) is 14.8 Å². The van der Waals surface area contributed by atoms with Gasteiger partial charge in [0.2, 0.25) is 5.95 Å². The molecule has 0 aliphatic rings. The number of nitrogen functional groups attached to an aromatic ring is 1. The van der Waals surface area contributed by atoms with Crippen molar-refractivity contribution in [1.82, 2.24) is 19.9 Å². The Morgan fingerprint density at radius 2 is 2.05 bits per heavy atom. The average molecular weight is 286 g/mol. The summed E-state index contributed by atoms with van der Waals surface area (Å²) in [7, 11) is 1.59. The molecule has 2 aromatic heterocycles. The summed E-state index contributed by atoms with van der Waals surface area (Å²) in [6.07, 6.45) is 0. The highest BCUT2D eigenvalue weighted by Crippen LogP contribution is 2.19. The number of rotatable bonds is 3. The SMILES string of the molecule is COc1ccc(Nc2nc3n[nH]c(C)c3c(=O)n2N)cc1. The molecule has 108 valence electrons. The number of nitrogens with zero attached hydrogens (tertiary/aromatic N) is 3. The van der Waals surface area contributed by atoms with Crippen molar-refractivity contribution in [3.05, 3.63) is 40.3 Å². The number of aromatic amines is 1. The molecule has 0 saturated heterocycles. The fraction of sp³-hybridized carbons (Fsp3) is 0.154. The van der Waals surface area contributed by atoms with Crippen molar-refractivity contribution in [3.8, 4) is 5.75 Å². The molecule has 0 amide bonds. The molecule has 0 fully saturated rings. The summed E-state index contributed by atoms with van der Waals surface area (Å²) >= 11 is 0. The summed E-state index contributed by atoms with van der Waals surface area (Å²) in [5.74, 6) is 6.74. The Labute approximate surface area is 119 Å². The minimum Gasteiger partial charge on any atom is -0.497 e. The van der Waals surface area contributed by atoms with Gasteiger partial charge in [-0.25, -0.2) is 0 Å². The number of hydrogen-bond acceptors (Lipinski definition) is 6. The van der Waals surface area contributed by atoms with Crippen LogP contribution in [0.25, 0.3) is 11.0 Å². The van der Waals surface area contributed by atoms with E-state index < -0.39 is 0 Å². The van der Waals surface area contributed by atoms with E-state index in [-0.39, 0.29) is 11.5 Å². The Kier molecular flexibility index (Phi) is 2.98. The van der Waals surface area contributed by atoms with Crippen molar-refractivity contribution in [2.75, 3.05) is 18.3 Å². The number of aryl methyl sites for hydroxylation is 1. The average Bonchev–Trinajstić information content (AvgIpc) is 2.86. The first-order chi connectivity index (χ1) is 10.1. The quantitative estimate of drug-likeness (QED) is 0.617. The number of H-pyrrole nitrogens is 1. The topological polar surface area (TPSA) is 111 Å². The normalized spacial score (nSPS) is 10.8. The maximum absolute atomic E-state index is 12.2. The van der Waals surface area contributed by atoms with Gasteiger partial charge >= 0.3 is 0 Å². The number of anilines is 2. The summed E-state index contributed by atoms with van der Waals surface area (Å²) in [5, 5.41) is 10.1. The van der Waals surface area contributed by atoms with Crippen LogP contribution >= 0.6 is 0 Å². The van der Waals surface area contributed by atoms with Crippen molar-refractivity contribution < 1.29 is 4.74 Å². The second-order valence-electron chi connectivity index (χ2n) is 4.51. The molecule has 0 atom stereocenters. The monoisotopic (exact) mass is 286 g/mol. The second kappa shape index (κ2) is 4.82. The highest BCUT2D eigenvalue weighted by Gasteiger charge is 2.13. The largest absolute Gasteiger partial charge is 0.497 e. The molecule has 0 unspecified atom stereocenters. The highest BCUT2D eigenvalue weighted by molar-refractivity contribution is 5.78. The predicted octanol–water partition coefficient (Wildman–Crippen LogP) is 0.894. The lowest BCUT2D eigenvalue weighted by Gasteiger charge is -2.09. The number of hydrogen-bond donors (Lipinski definition) is 3. The van der Waals surface area contributed by atoms with Crippen LogP contribution in [0.5, 0.6) is 5.75 Å². The van der Waals surface area contributed by atoms with E-state index >= 15 is 0 Å². The van der Waals surface area contributed by atoms with E-state index in [4.69, 9.17) is 10.6 Å². The lowest BCUT2D eigenvalue weighted by Crippen LogP contribution is -2.30. The standard InChI is InChI=1S/C13H14N6O2/c1-7-10-11(18-17-7)16-13(19(14)12(10)20)15-8-3-5-9(21-2)6-4-8/h3-6H,14H2,1-2H3,(H2,15,16,17,18). The van der Waals surface area contributed by atoms with Crippen LogP contribution < -0.4 is 21.5 Å².